The van der Waals surface area contributed by atoms with E-state index in [0.717, 1.165) is 31.6 Å². The second kappa shape index (κ2) is 4.43. The molecule has 1 heterocycles. The third kappa shape index (κ3) is 2.27. The molecule has 3 N–H and O–H groups in total. The lowest BCUT2D eigenvalue weighted by Crippen LogP contribution is -2.29. The monoisotopic (exact) mass is 220 g/mol. The van der Waals surface area contributed by atoms with E-state index in [-0.39, 0.29) is 5.56 Å². The SMILES string of the molecule is Nc1cc(C(=O)O)cc(N2CCCCC2)c1. The number of carbonyl (C=O) groups is 1. The summed E-state index contributed by atoms with van der Waals surface area (Å²) in [5, 5.41) is 8.96. The Morgan fingerprint density at radius 2 is 1.88 bits per heavy atom. The van der Waals surface area contributed by atoms with Crippen LogP contribution in [0.5, 0.6) is 0 Å². The normalized spacial score (nSPS) is 16.1. The molecule has 4 nitrogen and oxygen atoms in total. The zero-order valence-corrected chi connectivity index (χ0v) is 9.15. The van der Waals surface area contributed by atoms with E-state index in [1.165, 1.54) is 12.5 Å². The van der Waals surface area contributed by atoms with E-state index in [4.69, 9.17) is 10.8 Å². The highest BCUT2D eigenvalue weighted by molar-refractivity contribution is 5.90. The number of carboxylic acid groups (broad SMARTS) is 1. The van der Waals surface area contributed by atoms with Gasteiger partial charge in [0.25, 0.3) is 0 Å². The molecule has 1 aliphatic rings. The summed E-state index contributed by atoms with van der Waals surface area (Å²) in [4.78, 5) is 13.1. The first-order valence-electron chi connectivity index (χ1n) is 5.55. The Bertz CT molecular complexity index is 398. The quantitative estimate of drug-likeness (QED) is 0.748. The van der Waals surface area contributed by atoms with Crippen LogP contribution in [-0.2, 0) is 0 Å². The van der Waals surface area contributed by atoms with Crippen LogP contribution in [0.1, 0.15) is 29.6 Å². The average molecular weight is 220 g/mol. The number of aromatic carboxylic acids is 1. The van der Waals surface area contributed by atoms with Gasteiger partial charge in [-0.05, 0) is 37.5 Å². The summed E-state index contributed by atoms with van der Waals surface area (Å²) < 4.78 is 0. The topological polar surface area (TPSA) is 66.6 Å². The fourth-order valence-corrected chi connectivity index (χ4v) is 2.09. The van der Waals surface area contributed by atoms with E-state index in [0.29, 0.717) is 5.69 Å². The molecule has 4 heteroatoms. The predicted octanol–water partition coefficient (Wildman–Crippen LogP) is 1.96. The average Bonchev–Trinajstić information content (AvgIpc) is 2.29. The highest BCUT2D eigenvalue weighted by atomic mass is 16.4. The van der Waals surface area contributed by atoms with E-state index in [2.05, 4.69) is 4.90 Å². The largest absolute Gasteiger partial charge is 0.478 e. The molecule has 0 radical (unpaired) electrons. The number of carboxylic acids is 1. The Kier molecular flexibility index (Phi) is 2.99. The van der Waals surface area contributed by atoms with Crippen LogP contribution in [-0.4, -0.2) is 24.2 Å². The molecular formula is C12H16N2O2. The molecule has 1 saturated heterocycles. The fourth-order valence-electron chi connectivity index (χ4n) is 2.09. The first kappa shape index (κ1) is 10.8. The zero-order valence-electron chi connectivity index (χ0n) is 9.15. The first-order chi connectivity index (χ1) is 7.66. The standard InChI is InChI=1S/C12H16N2O2/c13-10-6-9(12(15)16)7-11(8-10)14-4-2-1-3-5-14/h6-8H,1-5,13H2,(H,15,16). The summed E-state index contributed by atoms with van der Waals surface area (Å²) in [6, 6.07) is 5.04. The van der Waals surface area contributed by atoms with Gasteiger partial charge in [-0.1, -0.05) is 0 Å². The molecule has 86 valence electrons. The van der Waals surface area contributed by atoms with Crippen LogP contribution in [0.25, 0.3) is 0 Å². The molecule has 0 atom stereocenters. The van der Waals surface area contributed by atoms with Crippen LogP contribution < -0.4 is 10.6 Å². The van der Waals surface area contributed by atoms with Crippen LogP contribution in [0.2, 0.25) is 0 Å². The minimum absolute atomic E-state index is 0.264. The molecule has 0 unspecified atom stereocenters. The van der Waals surface area contributed by atoms with E-state index in [9.17, 15) is 4.79 Å². The predicted molar refractivity (Wildman–Crippen MR) is 63.9 cm³/mol. The van der Waals surface area contributed by atoms with Crippen LogP contribution >= 0.6 is 0 Å². The third-order valence-electron chi connectivity index (χ3n) is 2.91. The Hall–Kier alpha value is -1.71. The summed E-state index contributed by atoms with van der Waals surface area (Å²) in [5.74, 6) is -0.925. The Morgan fingerprint density at radius 3 is 2.50 bits per heavy atom. The summed E-state index contributed by atoms with van der Waals surface area (Å²) in [6.07, 6.45) is 3.58. The van der Waals surface area contributed by atoms with Crippen molar-refractivity contribution in [3.8, 4) is 0 Å². The number of nitrogens with two attached hydrogens (primary N) is 1. The van der Waals surface area contributed by atoms with E-state index >= 15 is 0 Å². The van der Waals surface area contributed by atoms with Gasteiger partial charge in [0.05, 0.1) is 5.56 Å². The molecule has 0 spiro atoms. The zero-order chi connectivity index (χ0) is 11.5. The van der Waals surface area contributed by atoms with Gasteiger partial charge in [0.15, 0.2) is 0 Å². The van der Waals surface area contributed by atoms with Crippen molar-refractivity contribution < 1.29 is 9.90 Å². The summed E-state index contributed by atoms with van der Waals surface area (Å²) >= 11 is 0. The molecule has 1 fully saturated rings. The number of nitrogens with zero attached hydrogens (tertiary/aromatic N) is 1. The van der Waals surface area contributed by atoms with Gasteiger partial charge in [-0.3, -0.25) is 0 Å². The van der Waals surface area contributed by atoms with Gasteiger partial charge in [-0.15, -0.1) is 0 Å². The van der Waals surface area contributed by atoms with Crippen molar-refractivity contribution in [1.29, 1.82) is 0 Å². The Labute approximate surface area is 94.7 Å². The van der Waals surface area contributed by atoms with Crippen LogP contribution in [0.3, 0.4) is 0 Å². The lowest BCUT2D eigenvalue weighted by atomic mass is 10.1. The number of piperidine rings is 1. The van der Waals surface area contributed by atoms with Crippen molar-refractivity contribution in [1.82, 2.24) is 0 Å². The summed E-state index contributed by atoms with van der Waals surface area (Å²) in [5.41, 5.74) is 7.42. The minimum atomic E-state index is -0.925. The van der Waals surface area contributed by atoms with Crippen molar-refractivity contribution in [3.63, 3.8) is 0 Å². The van der Waals surface area contributed by atoms with Gasteiger partial charge in [-0.2, -0.15) is 0 Å². The van der Waals surface area contributed by atoms with Crippen molar-refractivity contribution in [2.24, 2.45) is 0 Å². The number of hydrogen-bond donors (Lipinski definition) is 2. The van der Waals surface area contributed by atoms with E-state index in [1.54, 1.807) is 6.07 Å². The van der Waals surface area contributed by atoms with Gasteiger partial charge in [-0.25, -0.2) is 4.79 Å². The molecule has 1 aromatic carbocycles. The summed E-state index contributed by atoms with van der Waals surface area (Å²) in [6.45, 7) is 1.98. The van der Waals surface area contributed by atoms with Gasteiger partial charge in [0, 0.05) is 24.5 Å². The van der Waals surface area contributed by atoms with E-state index in [1.807, 2.05) is 6.07 Å². The molecular weight excluding hydrogens is 204 g/mol. The van der Waals surface area contributed by atoms with Gasteiger partial charge >= 0.3 is 5.97 Å². The maximum absolute atomic E-state index is 10.9. The summed E-state index contributed by atoms with van der Waals surface area (Å²) in [7, 11) is 0. The van der Waals surface area contributed by atoms with Gasteiger partial charge in [0.2, 0.25) is 0 Å². The maximum Gasteiger partial charge on any atom is 0.335 e. The van der Waals surface area contributed by atoms with Crippen molar-refractivity contribution in [2.45, 2.75) is 19.3 Å². The van der Waals surface area contributed by atoms with Gasteiger partial charge in [0.1, 0.15) is 0 Å². The molecule has 16 heavy (non-hydrogen) atoms. The molecule has 1 aliphatic heterocycles. The Morgan fingerprint density at radius 1 is 1.19 bits per heavy atom. The molecule has 2 rings (SSSR count). The van der Waals surface area contributed by atoms with Crippen molar-refractivity contribution >= 4 is 17.3 Å². The fraction of sp³-hybridized carbons (Fsp3) is 0.417. The second-order valence-corrected chi connectivity index (χ2v) is 4.17. The lowest BCUT2D eigenvalue weighted by Gasteiger charge is -2.29. The Balaban J connectivity index is 2.28. The second-order valence-electron chi connectivity index (χ2n) is 4.17. The van der Waals surface area contributed by atoms with Crippen molar-refractivity contribution in [3.05, 3.63) is 23.8 Å². The van der Waals surface area contributed by atoms with Crippen LogP contribution in [0.4, 0.5) is 11.4 Å². The van der Waals surface area contributed by atoms with Crippen LogP contribution in [0, 0.1) is 0 Å². The number of anilines is 2. The minimum Gasteiger partial charge on any atom is -0.478 e. The highest BCUT2D eigenvalue weighted by Crippen LogP contribution is 2.24. The maximum atomic E-state index is 10.9. The number of hydrogen-bond acceptors (Lipinski definition) is 3. The molecule has 1 aromatic rings. The smallest absolute Gasteiger partial charge is 0.335 e. The third-order valence-corrected chi connectivity index (χ3v) is 2.91. The molecule has 0 saturated carbocycles. The van der Waals surface area contributed by atoms with Crippen LogP contribution in [0.15, 0.2) is 18.2 Å². The number of benzene rings is 1. The van der Waals surface area contributed by atoms with Crippen molar-refractivity contribution in [2.75, 3.05) is 23.7 Å². The molecule has 0 aromatic heterocycles. The number of rotatable bonds is 2. The van der Waals surface area contributed by atoms with E-state index < -0.39 is 5.97 Å². The molecule has 0 amide bonds. The van der Waals surface area contributed by atoms with Gasteiger partial charge < -0.3 is 15.7 Å². The number of nitrogen functional groups attached to an aromatic ring is 1. The highest BCUT2D eigenvalue weighted by Gasteiger charge is 2.13. The first-order valence-corrected chi connectivity index (χ1v) is 5.55. The lowest BCUT2D eigenvalue weighted by molar-refractivity contribution is 0.0697. The molecule has 0 bridgehead atoms. The molecule has 0 aliphatic carbocycles.